The molecule has 4 aromatic rings. The minimum absolute atomic E-state index is 0.0284. The molecule has 0 aliphatic heterocycles. The van der Waals surface area contributed by atoms with Gasteiger partial charge in [0.1, 0.15) is 5.69 Å². The molecule has 1 saturated carbocycles. The molecule has 0 spiro atoms. The molecule has 0 radical (unpaired) electrons. The highest BCUT2D eigenvalue weighted by Crippen LogP contribution is 2.37. The number of rotatable bonds is 4. The van der Waals surface area contributed by atoms with Crippen LogP contribution in [-0.2, 0) is 6.18 Å². The predicted molar refractivity (Wildman–Crippen MR) is 125 cm³/mol. The first kappa shape index (κ1) is 22.5. The van der Waals surface area contributed by atoms with E-state index in [9.17, 15) is 18.0 Å². The average molecular weight is 488 g/mol. The Morgan fingerprint density at radius 2 is 1.88 bits per heavy atom. The summed E-state index contributed by atoms with van der Waals surface area (Å²) < 4.78 is 42.1. The number of aromatic nitrogens is 3. The van der Waals surface area contributed by atoms with Crippen molar-refractivity contribution in [2.24, 2.45) is 5.73 Å². The molecular formula is C24H21ClF3N5O. The van der Waals surface area contributed by atoms with Gasteiger partial charge in [0.25, 0.3) is 5.91 Å². The summed E-state index contributed by atoms with van der Waals surface area (Å²) >= 11 is 6.10. The zero-order chi connectivity index (χ0) is 24.0. The molecule has 1 amide bonds. The predicted octanol–water partition coefficient (Wildman–Crippen LogP) is 5.95. The summed E-state index contributed by atoms with van der Waals surface area (Å²) in [4.78, 5) is 15.7. The number of alkyl halides is 3. The Bertz CT molecular complexity index is 1390. The standard InChI is InChI=1S/C24H21ClF3N5O/c25-14-4-9-19-18(10-14)20(11-21(32-19)24(26,27)28)31-15-5-7-16(8-6-15)33-22-13(12-30-33)2-1-3-17(22)23(29)34/h1-4,9-12,15-16H,5-8H2,(H2,29,34)(H,31,32). The number of amides is 1. The SMILES string of the molecule is NC(=O)c1cccc2cnn(C3CCC(Nc4cc(C(F)(F)F)nc5ccc(Cl)cc45)CC3)c12. The number of carbonyl (C=O) groups is 1. The third-order valence-electron chi connectivity index (χ3n) is 6.35. The molecule has 1 aliphatic rings. The molecule has 5 rings (SSSR count). The lowest BCUT2D eigenvalue weighted by atomic mass is 9.90. The first-order valence-electron chi connectivity index (χ1n) is 10.9. The maximum atomic E-state index is 13.4. The Morgan fingerprint density at radius 1 is 1.12 bits per heavy atom. The Hall–Kier alpha value is -3.33. The monoisotopic (exact) mass is 487 g/mol. The van der Waals surface area contributed by atoms with Crippen LogP contribution in [0.25, 0.3) is 21.8 Å². The number of hydrogen-bond acceptors (Lipinski definition) is 4. The van der Waals surface area contributed by atoms with Crippen LogP contribution in [0.3, 0.4) is 0 Å². The molecular weight excluding hydrogens is 467 g/mol. The smallest absolute Gasteiger partial charge is 0.382 e. The van der Waals surface area contributed by atoms with E-state index < -0.39 is 17.8 Å². The second-order valence-corrected chi connectivity index (χ2v) is 9.00. The van der Waals surface area contributed by atoms with Gasteiger partial charge in [-0.05, 0) is 56.0 Å². The number of anilines is 1. The van der Waals surface area contributed by atoms with E-state index in [0.29, 0.717) is 21.7 Å². The molecule has 2 heterocycles. The van der Waals surface area contributed by atoms with Crippen molar-refractivity contribution < 1.29 is 18.0 Å². The molecule has 0 saturated heterocycles. The van der Waals surface area contributed by atoms with E-state index in [4.69, 9.17) is 17.3 Å². The second kappa shape index (κ2) is 8.47. The first-order chi connectivity index (χ1) is 16.2. The van der Waals surface area contributed by atoms with Crippen LogP contribution in [-0.4, -0.2) is 26.7 Å². The van der Waals surface area contributed by atoms with E-state index in [1.54, 1.807) is 24.4 Å². The van der Waals surface area contributed by atoms with E-state index in [1.807, 2.05) is 10.7 Å². The van der Waals surface area contributed by atoms with Crippen LogP contribution in [0.2, 0.25) is 5.02 Å². The van der Waals surface area contributed by atoms with Crippen molar-refractivity contribution >= 4 is 45.0 Å². The number of pyridine rings is 1. The molecule has 176 valence electrons. The third-order valence-corrected chi connectivity index (χ3v) is 6.58. The maximum absolute atomic E-state index is 13.4. The second-order valence-electron chi connectivity index (χ2n) is 8.56. The van der Waals surface area contributed by atoms with Crippen LogP contribution in [0.15, 0.2) is 48.7 Å². The number of nitrogens with two attached hydrogens (primary N) is 1. The lowest BCUT2D eigenvalue weighted by molar-refractivity contribution is -0.140. The number of para-hydroxylation sites is 1. The van der Waals surface area contributed by atoms with Gasteiger partial charge in [0.05, 0.1) is 28.8 Å². The van der Waals surface area contributed by atoms with E-state index in [0.717, 1.165) is 42.7 Å². The van der Waals surface area contributed by atoms with Gasteiger partial charge in [-0.15, -0.1) is 0 Å². The number of nitrogens with one attached hydrogen (secondary N) is 1. The summed E-state index contributed by atoms with van der Waals surface area (Å²) in [5.41, 5.74) is 6.36. The van der Waals surface area contributed by atoms with Gasteiger partial charge in [-0.25, -0.2) is 4.98 Å². The maximum Gasteiger partial charge on any atom is 0.433 e. The van der Waals surface area contributed by atoms with E-state index in [-0.39, 0.29) is 17.6 Å². The minimum Gasteiger partial charge on any atom is -0.382 e. The van der Waals surface area contributed by atoms with Crippen molar-refractivity contribution in [3.63, 3.8) is 0 Å². The molecule has 0 atom stereocenters. The summed E-state index contributed by atoms with van der Waals surface area (Å²) in [6.45, 7) is 0. The Kier molecular flexibility index (Phi) is 5.59. The quantitative estimate of drug-likeness (QED) is 0.372. The fourth-order valence-corrected chi connectivity index (χ4v) is 4.90. The van der Waals surface area contributed by atoms with Gasteiger partial charge in [-0.3, -0.25) is 9.48 Å². The number of carbonyl (C=O) groups excluding carboxylic acids is 1. The Balaban J connectivity index is 1.39. The molecule has 10 heteroatoms. The average Bonchev–Trinajstić information content (AvgIpc) is 3.23. The topological polar surface area (TPSA) is 85.8 Å². The summed E-state index contributed by atoms with van der Waals surface area (Å²) in [7, 11) is 0. The molecule has 0 unspecified atom stereocenters. The van der Waals surface area contributed by atoms with Gasteiger partial charge in [-0.1, -0.05) is 23.7 Å². The van der Waals surface area contributed by atoms with Crippen LogP contribution < -0.4 is 11.1 Å². The van der Waals surface area contributed by atoms with Crippen LogP contribution in [0, 0.1) is 0 Å². The zero-order valence-corrected chi connectivity index (χ0v) is 18.7. The van der Waals surface area contributed by atoms with Gasteiger partial charge in [0, 0.05) is 27.5 Å². The van der Waals surface area contributed by atoms with Crippen molar-refractivity contribution in [1.29, 1.82) is 0 Å². The molecule has 1 fully saturated rings. The summed E-state index contributed by atoms with van der Waals surface area (Å²) in [6, 6.07) is 11.1. The molecule has 1 aliphatic carbocycles. The lowest BCUT2D eigenvalue weighted by Crippen LogP contribution is -2.28. The number of benzene rings is 2. The molecule has 3 N–H and O–H groups in total. The van der Waals surface area contributed by atoms with Crippen molar-refractivity contribution in [1.82, 2.24) is 14.8 Å². The fraction of sp³-hybridized carbons (Fsp3) is 0.292. The fourth-order valence-electron chi connectivity index (χ4n) is 4.73. The molecule has 2 aromatic heterocycles. The van der Waals surface area contributed by atoms with Crippen molar-refractivity contribution in [3.05, 3.63) is 64.9 Å². The van der Waals surface area contributed by atoms with E-state index >= 15 is 0 Å². The largest absolute Gasteiger partial charge is 0.433 e. The lowest BCUT2D eigenvalue weighted by Gasteiger charge is -2.31. The van der Waals surface area contributed by atoms with E-state index in [1.165, 1.54) is 12.1 Å². The van der Waals surface area contributed by atoms with Gasteiger partial charge in [-0.2, -0.15) is 18.3 Å². The highest BCUT2D eigenvalue weighted by molar-refractivity contribution is 6.31. The number of hydrogen-bond donors (Lipinski definition) is 2. The number of halogens is 4. The molecule has 0 bridgehead atoms. The van der Waals surface area contributed by atoms with Gasteiger partial charge in [0.15, 0.2) is 0 Å². The summed E-state index contributed by atoms with van der Waals surface area (Å²) in [5.74, 6) is -0.508. The first-order valence-corrected chi connectivity index (χ1v) is 11.3. The molecule has 6 nitrogen and oxygen atoms in total. The molecule has 34 heavy (non-hydrogen) atoms. The van der Waals surface area contributed by atoms with Crippen LogP contribution in [0.4, 0.5) is 18.9 Å². The van der Waals surface area contributed by atoms with Gasteiger partial charge >= 0.3 is 6.18 Å². The van der Waals surface area contributed by atoms with Gasteiger partial charge in [0.2, 0.25) is 0 Å². The highest BCUT2D eigenvalue weighted by atomic mass is 35.5. The number of primary amides is 1. The minimum atomic E-state index is -4.55. The van der Waals surface area contributed by atoms with Crippen LogP contribution in [0.1, 0.15) is 47.8 Å². The normalized spacial score (nSPS) is 18.9. The van der Waals surface area contributed by atoms with E-state index in [2.05, 4.69) is 15.4 Å². The Labute approximate surface area is 197 Å². The highest BCUT2D eigenvalue weighted by Gasteiger charge is 2.34. The van der Waals surface area contributed by atoms with Gasteiger partial charge < -0.3 is 11.1 Å². The van der Waals surface area contributed by atoms with Crippen molar-refractivity contribution in [2.45, 2.75) is 43.9 Å². The molecule has 2 aromatic carbocycles. The summed E-state index contributed by atoms with van der Waals surface area (Å²) in [6.07, 6.45) is 0.0979. The van der Waals surface area contributed by atoms with Crippen LogP contribution in [0.5, 0.6) is 0 Å². The number of nitrogens with zero attached hydrogens (tertiary/aromatic N) is 3. The third kappa shape index (κ3) is 4.16. The van der Waals surface area contributed by atoms with Crippen molar-refractivity contribution in [3.8, 4) is 0 Å². The summed E-state index contributed by atoms with van der Waals surface area (Å²) in [5, 5.41) is 9.61. The number of fused-ring (bicyclic) bond motifs is 2. The Morgan fingerprint density at radius 3 is 2.59 bits per heavy atom. The van der Waals surface area contributed by atoms with Crippen molar-refractivity contribution in [2.75, 3.05) is 5.32 Å². The zero-order valence-electron chi connectivity index (χ0n) is 17.9. The van der Waals surface area contributed by atoms with Crippen LogP contribution >= 0.6 is 11.6 Å².